The molecule has 3 N–H and O–H groups in total. The number of rotatable bonds is 4. The van der Waals surface area contributed by atoms with E-state index in [0.29, 0.717) is 12.5 Å². The van der Waals surface area contributed by atoms with Gasteiger partial charge in [-0.3, -0.25) is 0 Å². The summed E-state index contributed by atoms with van der Waals surface area (Å²) in [6, 6.07) is 0.147. The number of sulfonamides is 1. The first kappa shape index (κ1) is 10.4. The normalized spacial score (nSPS) is 33.5. The van der Waals surface area contributed by atoms with Gasteiger partial charge < -0.3 is 5.73 Å². The minimum Gasteiger partial charge on any atom is -0.330 e. The molecule has 0 unspecified atom stereocenters. The van der Waals surface area contributed by atoms with Gasteiger partial charge in [0.15, 0.2) is 0 Å². The molecule has 0 aromatic carbocycles. The maximum absolute atomic E-state index is 11.6. The van der Waals surface area contributed by atoms with E-state index in [2.05, 4.69) is 4.72 Å². The van der Waals surface area contributed by atoms with Crippen molar-refractivity contribution in [2.45, 2.75) is 43.4 Å². The van der Waals surface area contributed by atoms with Crippen molar-refractivity contribution in [2.75, 3.05) is 6.54 Å². The number of hydrogen-bond donors (Lipinski definition) is 2. The molecule has 0 radical (unpaired) electrons. The smallest absolute Gasteiger partial charge is 0.214 e. The molecule has 2 saturated carbocycles. The van der Waals surface area contributed by atoms with Crippen LogP contribution < -0.4 is 10.5 Å². The lowest BCUT2D eigenvalue weighted by molar-refractivity contribution is 0.522. The van der Waals surface area contributed by atoms with Crippen LogP contribution in [0.1, 0.15) is 32.1 Å². The van der Waals surface area contributed by atoms with Gasteiger partial charge in [0.25, 0.3) is 0 Å². The Balaban J connectivity index is 1.86. The van der Waals surface area contributed by atoms with Gasteiger partial charge in [0.2, 0.25) is 10.0 Å². The van der Waals surface area contributed by atoms with Crippen LogP contribution in [0.2, 0.25) is 0 Å². The summed E-state index contributed by atoms with van der Waals surface area (Å²) in [6.45, 7) is 0.682. The SMILES string of the molecule is NC[C@H]1CC[C@@H](NS(=O)(=O)C2CC2)C1. The average molecular weight is 218 g/mol. The zero-order valence-electron chi connectivity index (χ0n) is 8.28. The topological polar surface area (TPSA) is 72.2 Å². The molecule has 2 aliphatic carbocycles. The fourth-order valence-corrected chi connectivity index (χ4v) is 3.73. The summed E-state index contributed by atoms with van der Waals surface area (Å²) in [5.41, 5.74) is 5.55. The summed E-state index contributed by atoms with van der Waals surface area (Å²) in [5, 5.41) is -0.0978. The Labute approximate surface area is 85.3 Å². The Morgan fingerprint density at radius 3 is 2.43 bits per heavy atom. The summed E-state index contributed by atoms with van der Waals surface area (Å²) in [4.78, 5) is 0. The molecule has 5 heteroatoms. The maximum Gasteiger partial charge on any atom is 0.214 e. The zero-order valence-corrected chi connectivity index (χ0v) is 9.09. The third-order valence-corrected chi connectivity index (χ3v) is 5.18. The third-order valence-electron chi connectivity index (χ3n) is 3.17. The van der Waals surface area contributed by atoms with Crippen LogP contribution in [0.4, 0.5) is 0 Å². The molecule has 0 saturated heterocycles. The molecule has 0 amide bonds. The second-order valence-corrected chi connectivity index (χ2v) is 6.47. The van der Waals surface area contributed by atoms with Crippen molar-refractivity contribution in [3.05, 3.63) is 0 Å². The summed E-state index contributed by atoms with van der Waals surface area (Å²) < 4.78 is 26.0. The standard InChI is InChI=1S/C9H18N2O2S/c10-6-7-1-2-8(5-7)11-14(12,13)9-3-4-9/h7-9,11H,1-6,10H2/t7-,8+/m0/s1. The summed E-state index contributed by atoms with van der Waals surface area (Å²) >= 11 is 0. The van der Waals surface area contributed by atoms with Crippen LogP contribution in [0.15, 0.2) is 0 Å². The average Bonchev–Trinajstić information content (AvgIpc) is 2.89. The van der Waals surface area contributed by atoms with Gasteiger partial charge >= 0.3 is 0 Å². The Hall–Kier alpha value is -0.130. The largest absolute Gasteiger partial charge is 0.330 e. The molecule has 0 aliphatic heterocycles. The quantitative estimate of drug-likeness (QED) is 0.708. The first-order chi connectivity index (χ1) is 6.62. The van der Waals surface area contributed by atoms with Crippen molar-refractivity contribution in [2.24, 2.45) is 11.7 Å². The molecule has 0 bridgehead atoms. The van der Waals surface area contributed by atoms with Gasteiger partial charge in [-0.1, -0.05) is 0 Å². The highest BCUT2D eigenvalue weighted by atomic mass is 32.2. The molecule has 0 spiro atoms. The van der Waals surface area contributed by atoms with Crippen LogP contribution in [-0.4, -0.2) is 26.3 Å². The monoisotopic (exact) mass is 218 g/mol. The lowest BCUT2D eigenvalue weighted by Crippen LogP contribution is -2.35. The first-order valence-corrected chi connectivity index (χ1v) is 6.87. The summed E-state index contributed by atoms with van der Waals surface area (Å²) in [7, 11) is -2.99. The summed E-state index contributed by atoms with van der Waals surface area (Å²) in [5.74, 6) is 0.516. The van der Waals surface area contributed by atoms with E-state index in [1.165, 1.54) is 0 Å². The van der Waals surface area contributed by atoms with Crippen LogP contribution in [0, 0.1) is 5.92 Å². The second kappa shape index (κ2) is 3.79. The minimum absolute atomic E-state index is 0.0978. The van der Waals surface area contributed by atoms with Crippen LogP contribution >= 0.6 is 0 Å². The van der Waals surface area contributed by atoms with Gasteiger partial charge in [-0.2, -0.15) is 0 Å². The van der Waals surface area contributed by atoms with Gasteiger partial charge in [0, 0.05) is 6.04 Å². The molecule has 0 aromatic rings. The highest BCUT2D eigenvalue weighted by Gasteiger charge is 2.38. The Kier molecular flexibility index (Phi) is 2.81. The van der Waals surface area contributed by atoms with E-state index in [1.807, 2.05) is 0 Å². The molecule has 4 nitrogen and oxygen atoms in total. The Morgan fingerprint density at radius 2 is 1.93 bits per heavy atom. The predicted molar refractivity (Wildman–Crippen MR) is 55.3 cm³/mol. The van der Waals surface area contributed by atoms with Crippen molar-refractivity contribution >= 4 is 10.0 Å². The highest BCUT2D eigenvalue weighted by molar-refractivity contribution is 7.90. The first-order valence-electron chi connectivity index (χ1n) is 5.33. The van der Waals surface area contributed by atoms with E-state index in [9.17, 15) is 8.42 Å². The minimum atomic E-state index is -2.99. The maximum atomic E-state index is 11.6. The van der Waals surface area contributed by atoms with E-state index >= 15 is 0 Å². The van der Waals surface area contributed by atoms with Gasteiger partial charge in [0.1, 0.15) is 0 Å². The predicted octanol–water partition coefficient (Wildman–Crippen LogP) is 0.196. The Morgan fingerprint density at radius 1 is 1.21 bits per heavy atom. The lowest BCUT2D eigenvalue weighted by Gasteiger charge is -2.12. The molecular formula is C9H18N2O2S. The van der Waals surface area contributed by atoms with E-state index < -0.39 is 10.0 Å². The highest BCUT2D eigenvalue weighted by Crippen LogP contribution is 2.30. The van der Waals surface area contributed by atoms with Crippen molar-refractivity contribution in [1.82, 2.24) is 4.72 Å². The van der Waals surface area contributed by atoms with Gasteiger partial charge in [0.05, 0.1) is 5.25 Å². The molecule has 2 rings (SSSR count). The number of hydrogen-bond acceptors (Lipinski definition) is 3. The van der Waals surface area contributed by atoms with Crippen LogP contribution in [0.3, 0.4) is 0 Å². The van der Waals surface area contributed by atoms with Crippen LogP contribution in [-0.2, 0) is 10.0 Å². The number of nitrogens with one attached hydrogen (secondary N) is 1. The van der Waals surface area contributed by atoms with Crippen LogP contribution in [0.5, 0.6) is 0 Å². The molecule has 2 atom stereocenters. The third kappa shape index (κ3) is 2.27. The molecule has 0 heterocycles. The van der Waals surface area contributed by atoms with Crippen molar-refractivity contribution < 1.29 is 8.42 Å². The Bertz CT molecular complexity index is 298. The molecule has 82 valence electrons. The lowest BCUT2D eigenvalue weighted by atomic mass is 10.1. The van der Waals surface area contributed by atoms with Crippen molar-refractivity contribution in [1.29, 1.82) is 0 Å². The second-order valence-electron chi connectivity index (χ2n) is 4.47. The molecule has 2 aliphatic rings. The fourth-order valence-electron chi connectivity index (χ4n) is 2.10. The van der Waals surface area contributed by atoms with Gasteiger partial charge in [-0.25, -0.2) is 13.1 Å². The van der Waals surface area contributed by atoms with Crippen LogP contribution in [0.25, 0.3) is 0 Å². The van der Waals surface area contributed by atoms with Gasteiger partial charge in [-0.05, 0) is 44.6 Å². The number of nitrogens with two attached hydrogens (primary N) is 1. The summed E-state index contributed by atoms with van der Waals surface area (Å²) in [6.07, 6.45) is 4.61. The van der Waals surface area contributed by atoms with E-state index in [-0.39, 0.29) is 11.3 Å². The van der Waals surface area contributed by atoms with E-state index in [4.69, 9.17) is 5.73 Å². The van der Waals surface area contributed by atoms with Crippen molar-refractivity contribution in [3.63, 3.8) is 0 Å². The van der Waals surface area contributed by atoms with Crippen molar-refractivity contribution in [3.8, 4) is 0 Å². The zero-order chi connectivity index (χ0) is 10.2. The fraction of sp³-hybridized carbons (Fsp3) is 1.00. The molecule has 14 heavy (non-hydrogen) atoms. The molecule has 0 aromatic heterocycles. The van der Waals surface area contributed by atoms with E-state index in [0.717, 1.165) is 32.1 Å². The molecule has 2 fully saturated rings. The molecular weight excluding hydrogens is 200 g/mol. The van der Waals surface area contributed by atoms with E-state index in [1.54, 1.807) is 0 Å². The van der Waals surface area contributed by atoms with Gasteiger partial charge in [-0.15, -0.1) is 0 Å².